The third-order valence-electron chi connectivity index (χ3n) is 4.95. The van der Waals surface area contributed by atoms with E-state index in [9.17, 15) is 5.11 Å². The summed E-state index contributed by atoms with van der Waals surface area (Å²) >= 11 is 0. The van der Waals surface area contributed by atoms with Gasteiger partial charge in [0, 0.05) is 32.0 Å². The summed E-state index contributed by atoms with van der Waals surface area (Å²) in [7, 11) is 0. The van der Waals surface area contributed by atoms with Gasteiger partial charge >= 0.3 is 0 Å². The summed E-state index contributed by atoms with van der Waals surface area (Å²) in [6.07, 6.45) is 5.67. The van der Waals surface area contributed by atoms with Gasteiger partial charge in [0.05, 0.1) is 18.8 Å². The zero-order chi connectivity index (χ0) is 15.9. The van der Waals surface area contributed by atoms with Crippen LogP contribution in [0.4, 0.5) is 5.69 Å². The molecule has 2 aliphatic rings. The van der Waals surface area contributed by atoms with E-state index >= 15 is 0 Å². The van der Waals surface area contributed by atoms with Gasteiger partial charge in [-0.3, -0.25) is 0 Å². The minimum Gasteiger partial charge on any atom is -0.389 e. The Labute approximate surface area is 139 Å². The first-order valence-corrected chi connectivity index (χ1v) is 8.98. The largest absolute Gasteiger partial charge is 0.389 e. The summed E-state index contributed by atoms with van der Waals surface area (Å²) in [6.45, 7) is 3.65. The molecule has 1 aromatic rings. The molecule has 0 amide bonds. The van der Waals surface area contributed by atoms with Gasteiger partial charge < -0.3 is 19.5 Å². The van der Waals surface area contributed by atoms with Crippen molar-refractivity contribution in [2.24, 2.45) is 5.92 Å². The molecule has 1 heterocycles. The number of hydrogen-bond donors (Lipinski definition) is 1. The second kappa shape index (κ2) is 8.67. The van der Waals surface area contributed by atoms with E-state index in [1.54, 1.807) is 0 Å². The molecular weight excluding hydrogens is 290 g/mol. The lowest BCUT2D eigenvalue weighted by Gasteiger charge is -2.35. The Kier molecular flexibility index (Phi) is 6.31. The number of ether oxygens (including phenoxy) is 2. The van der Waals surface area contributed by atoms with Crippen molar-refractivity contribution < 1.29 is 14.6 Å². The Bertz CT molecular complexity index is 443. The SMILES string of the molecule is OC(COC1CCOCC1)CN(CC1CCC1)c1ccccc1. The molecule has 4 nitrogen and oxygen atoms in total. The number of benzene rings is 1. The van der Waals surface area contributed by atoms with E-state index in [1.165, 1.54) is 24.9 Å². The molecule has 1 atom stereocenters. The smallest absolute Gasteiger partial charge is 0.0948 e. The number of anilines is 1. The van der Waals surface area contributed by atoms with Gasteiger partial charge in [0.15, 0.2) is 0 Å². The highest BCUT2D eigenvalue weighted by Gasteiger charge is 2.23. The summed E-state index contributed by atoms with van der Waals surface area (Å²) in [5.41, 5.74) is 1.20. The van der Waals surface area contributed by atoms with Crippen molar-refractivity contribution >= 4 is 5.69 Å². The summed E-state index contributed by atoms with van der Waals surface area (Å²) in [6, 6.07) is 10.4. The molecule has 1 aliphatic carbocycles. The molecule has 1 saturated carbocycles. The van der Waals surface area contributed by atoms with Crippen LogP contribution in [0.25, 0.3) is 0 Å². The van der Waals surface area contributed by atoms with Gasteiger partial charge in [-0.15, -0.1) is 0 Å². The van der Waals surface area contributed by atoms with Crippen LogP contribution in [0.15, 0.2) is 30.3 Å². The lowest BCUT2D eigenvalue weighted by atomic mass is 9.85. The van der Waals surface area contributed by atoms with Gasteiger partial charge in [0.1, 0.15) is 0 Å². The van der Waals surface area contributed by atoms with Crippen LogP contribution in [0.3, 0.4) is 0 Å². The topological polar surface area (TPSA) is 41.9 Å². The second-order valence-corrected chi connectivity index (χ2v) is 6.84. The Balaban J connectivity index is 1.49. The molecule has 1 unspecified atom stereocenters. The number of rotatable bonds is 8. The second-order valence-electron chi connectivity index (χ2n) is 6.84. The lowest BCUT2D eigenvalue weighted by Crippen LogP contribution is -2.40. The molecule has 2 fully saturated rings. The number of aliphatic hydroxyl groups is 1. The van der Waals surface area contributed by atoms with Crippen LogP contribution < -0.4 is 4.90 Å². The van der Waals surface area contributed by atoms with E-state index in [0.717, 1.165) is 38.5 Å². The molecule has 1 aliphatic heterocycles. The van der Waals surface area contributed by atoms with Crippen molar-refractivity contribution in [1.82, 2.24) is 0 Å². The van der Waals surface area contributed by atoms with E-state index in [0.29, 0.717) is 13.2 Å². The molecule has 0 bridgehead atoms. The maximum Gasteiger partial charge on any atom is 0.0948 e. The Morgan fingerprint density at radius 1 is 1.13 bits per heavy atom. The quantitative estimate of drug-likeness (QED) is 0.800. The van der Waals surface area contributed by atoms with Gasteiger partial charge in [0.25, 0.3) is 0 Å². The van der Waals surface area contributed by atoms with Crippen molar-refractivity contribution in [3.8, 4) is 0 Å². The first-order chi connectivity index (χ1) is 11.3. The molecular formula is C19H29NO3. The van der Waals surface area contributed by atoms with Crippen LogP contribution in [0, 0.1) is 5.92 Å². The summed E-state index contributed by atoms with van der Waals surface area (Å²) in [5.74, 6) is 0.777. The number of para-hydroxylation sites is 1. The van der Waals surface area contributed by atoms with E-state index in [1.807, 2.05) is 6.07 Å². The van der Waals surface area contributed by atoms with Crippen molar-refractivity contribution in [2.45, 2.75) is 44.3 Å². The van der Waals surface area contributed by atoms with Gasteiger partial charge in [-0.25, -0.2) is 0 Å². The molecule has 1 aromatic carbocycles. The molecule has 0 spiro atoms. The number of hydrogen-bond acceptors (Lipinski definition) is 4. The molecule has 4 heteroatoms. The van der Waals surface area contributed by atoms with Gasteiger partial charge in [-0.2, -0.15) is 0 Å². The Morgan fingerprint density at radius 2 is 1.87 bits per heavy atom. The highest BCUT2D eigenvalue weighted by Crippen LogP contribution is 2.29. The molecule has 128 valence electrons. The van der Waals surface area contributed by atoms with Crippen LogP contribution >= 0.6 is 0 Å². The van der Waals surface area contributed by atoms with Crippen molar-refractivity contribution in [3.63, 3.8) is 0 Å². The monoisotopic (exact) mass is 319 g/mol. The fraction of sp³-hybridized carbons (Fsp3) is 0.684. The van der Waals surface area contributed by atoms with Gasteiger partial charge in [0.2, 0.25) is 0 Å². The summed E-state index contributed by atoms with van der Waals surface area (Å²) in [5, 5.41) is 10.4. The average molecular weight is 319 g/mol. The van der Waals surface area contributed by atoms with Crippen molar-refractivity contribution in [2.75, 3.05) is 37.8 Å². The standard InChI is InChI=1S/C19H29NO3/c21-18(15-23-19-9-11-22-12-10-19)14-20(13-16-5-4-6-16)17-7-2-1-3-8-17/h1-3,7-8,16,18-19,21H,4-6,9-15H2. The van der Waals surface area contributed by atoms with E-state index in [-0.39, 0.29) is 6.10 Å². The van der Waals surface area contributed by atoms with Gasteiger partial charge in [-0.05, 0) is 43.7 Å². The third kappa shape index (κ3) is 5.20. The number of aliphatic hydroxyl groups excluding tert-OH is 1. The highest BCUT2D eigenvalue weighted by atomic mass is 16.5. The number of nitrogens with zero attached hydrogens (tertiary/aromatic N) is 1. The minimum atomic E-state index is -0.446. The molecule has 0 radical (unpaired) electrons. The molecule has 1 N–H and O–H groups in total. The van der Waals surface area contributed by atoms with E-state index < -0.39 is 6.10 Å². The van der Waals surface area contributed by atoms with Crippen LogP contribution in [0.1, 0.15) is 32.1 Å². The zero-order valence-electron chi connectivity index (χ0n) is 13.9. The van der Waals surface area contributed by atoms with Crippen molar-refractivity contribution in [3.05, 3.63) is 30.3 Å². The first kappa shape index (κ1) is 16.7. The predicted octanol–water partition coefficient (Wildman–Crippen LogP) is 2.85. The zero-order valence-corrected chi connectivity index (χ0v) is 13.9. The molecule has 0 aromatic heterocycles. The minimum absolute atomic E-state index is 0.246. The highest BCUT2D eigenvalue weighted by molar-refractivity contribution is 5.46. The first-order valence-electron chi connectivity index (χ1n) is 8.98. The van der Waals surface area contributed by atoms with Crippen LogP contribution in [0.5, 0.6) is 0 Å². The fourth-order valence-corrected chi connectivity index (χ4v) is 3.31. The maximum absolute atomic E-state index is 10.4. The van der Waals surface area contributed by atoms with E-state index in [4.69, 9.17) is 9.47 Å². The van der Waals surface area contributed by atoms with Crippen LogP contribution in [-0.4, -0.2) is 50.2 Å². The van der Waals surface area contributed by atoms with E-state index in [2.05, 4.69) is 29.2 Å². The Hall–Kier alpha value is -1.10. The summed E-state index contributed by atoms with van der Waals surface area (Å²) in [4.78, 5) is 2.32. The lowest BCUT2D eigenvalue weighted by molar-refractivity contribution is -0.0576. The molecule has 23 heavy (non-hydrogen) atoms. The van der Waals surface area contributed by atoms with Gasteiger partial charge in [-0.1, -0.05) is 24.6 Å². The van der Waals surface area contributed by atoms with Crippen LogP contribution in [0.2, 0.25) is 0 Å². The fourth-order valence-electron chi connectivity index (χ4n) is 3.31. The molecule has 1 saturated heterocycles. The predicted molar refractivity (Wildman–Crippen MR) is 91.8 cm³/mol. The van der Waals surface area contributed by atoms with Crippen molar-refractivity contribution in [1.29, 1.82) is 0 Å². The molecule has 3 rings (SSSR count). The van der Waals surface area contributed by atoms with Crippen LogP contribution in [-0.2, 0) is 9.47 Å². The Morgan fingerprint density at radius 3 is 2.52 bits per heavy atom. The third-order valence-corrected chi connectivity index (χ3v) is 4.95. The maximum atomic E-state index is 10.4. The normalized spacial score (nSPS) is 20.9. The average Bonchev–Trinajstić information content (AvgIpc) is 2.57. The summed E-state index contributed by atoms with van der Waals surface area (Å²) < 4.78 is 11.2.